The molecule has 2 atom stereocenters. The van der Waals surface area contributed by atoms with Gasteiger partial charge in [0.15, 0.2) is 0 Å². The molecule has 0 aliphatic heterocycles. The van der Waals surface area contributed by atoms with E-state index in [0.29, 0.717) is 0 Å². The van der Waals surface area contributed by atoms with Crippen LogP contribution >= 0.6 is 11.3 Å². The summed E-state index contributed by atoms with van der Waals surface area (Å²) in [6.45, 7) is 2.06. The lowest BCUT2D eigenvalue weighted by molar-refractivity contribution is 0.0316. The Bertz CT molecular complexity index is 221. The highest BCUT2D eigenvalue weighted by Gasteiger charge is 2.14. The Kier molecular flexibility index (Phi) is 4.42. The van der Waals surface area contributed by atoms with Crippen molar-refractivity contribution in [2.45, 2.75) is 25.6 Å². The molecule has 13 heavy (non-hydrogen) atoms. The van der Waals surface area contributed by atoms with E-state index >= 15 is 0 Å². The molecule has 0 saturated carbocycles. The Hall–Kier alpha value is -0.380. The molecule has 0 radical (unpaired) electrons. The molecule has 0 aliphatic rings. The fourth-order valence-corrected chi connectivity index (χ4v) is 2.02. The Balaban J connectivity index is 2.53. The second-order valence-electron chi connectivity index (χ2n) is 3.02. The van der Waals surface area contributed by atoms with Crippen molar-refractivity contribution in [2.75, 3.05) is 14.2 Å². The van der Waals surface area contributed by atoms with Crippen LogP contribution in [0.15, 0.2) is 17.5 Å². The van der Waals surface area contributed by atoms with Crippen LogP contribution in [0.3, 0.4) is 0 Å². The Morgan fingerprint density at radius 3 is 2.62 bits per heavy atom. The summed E-state index contributed by atoms with van der Waals surface area (Å²) in [7, 11) is 3.47. The van der Waals surface area contributed by atoms with E-state index in [1.165, 1.54) is 4.88 Å². The summed E-state index contributed by atoms with van der Waals surface area (Å²) in [6.07, 6.45) is 1.33. The number of hydrogen-bond acceptors (Lipinski definition) is 3. The molecule has 0 aromatic carbocycles. The maximum absolute atomic E-state index is 5.40. The smallest absolute Gasteiger partial charge is 0.0937 e. The van der Waals surface area contributed by atoms with Gasteiger partial charge in [0.2, 0.25) is 0 Å². The van der Waals surface area contributed by atoms with Gasteiger partial charge in [0.05, 0.1) is 12.2 Å². The first-order valence-corrected chi connectivity index (χ1v) is 5.25. The number of hydrogen-bond donors (Lipinski definition) is 0. The van der Waals surface area contributed by atoms with Crippen molar-refractivity contribution in [1.82, 2.24) is 0 Å². The zero-order valence-electron chi connectivity index (χ0n) is 8.32. The second kappa shape index (κ2) is 5.37. The van der Waals surface area contributed by atoms with E-state index in [4.69, 9.17) is 9.47 Å². The summed E-state index contributed by atoms with van der Waals surface area (Å²) < 4.78 is 10.6. The lowest BCUT2D eigenvalue weighted by Gasteiger charge is -2.17. The lowest BCUT2D eigenvalue weighted by atomic mass is 10.1. The van der Waals surface area contributed by atoms with Gasteiger partial charge in [-0.2, -0.15) is 0 Å². The van der Waals surface area contributed by atoms with Crippen LogP contribution in [0.5, 0.6) is 0 Å². The monoisotopic (exact) mass is 200 g/mol. The van der Waals surface area contributed by atoms with E-state index in [9.17, 15) is 0 Å². The second-order valence-corrected chi connectivity index (χ2v) is 4.00. The Morgan fingerprint density at radius 2 is 2.15 bits per heavy atom. The number of methoxy groups -OCH3 is 2. The topological polar surface area (TPSA) is 18.5 Å². The average molecular weight is 200 g/mol. The van der Waals surface area contributed by atoms with E-state index in [1.54, 1.807) is 25.6 Å². The van der Waals surface area contributed by atoms with Crippen molar-refractivity contribution in [3.05, 3.63) is 22.4 Å². The molecule has 1 rings (SSSR count). The third kappa shape index (κ3) is 3.10. The van der Waals surface area contributed by atoms with Gasteiger partial charge in [0.25, 0.3) is 0 Å². The number of rotatable bonds is 5. The average Bonchev–Trinajstić information content (AvgIpc) is 2.66. The molecule has 3 heteroatoms. The number of thiophene rings is 1. The summed E-state index contributed by atoms with van der Waals surface area (Å²) in [5.74, 6) is 0. The summed E-state index contributed by atoms with van der Waals surface area (Å²) in [4.78, 5) is 1.27. The predicted octanol–water partition coefficient (Wildman–Crippen LogP) is 2.86. The molecule has 0 saturated heterocycles. The quantitative estimate of drug-likeness (QED) is 0.727. The first-order valence-electron chi connectivity index (χ1n) is 4.37. The van der Waals surface area contributed by atoms with E-state index < -0.39 is 0 Å². The highest BCUT2D eigenvalue weighted by atomic mass is 32.1. The zero-order chi connectivity index (χ0) is 9.68. The molecule has 2 nitrogen and oxygen atoms in total. The van der Waals surface area contributed by atoms with Gasteiger partial charge in [0.1, 0.15) is 0 Å². The van der Waals surface area contributed by atoms with Gasteiger partial charge >= 0.3 is 0 Å². The van der Waals surface area contributed by atoms with Crippen LogP contribution in [0.1, 0.15) is 24.3 Å². The molecule has 0 fully saturated rings. The molecule has 0 amide bonds. The van der Waals surface area contributed by atoms with Crippen LogP contribution in [-0.2, 0) is 9.47 Å². The molecule has 1 aromatic heterocycles. The molecule has 74 valence electrons. The maximum Gasteiger partial charge on any atom is 0.0937 e. The van der Waals surface area contributed by atoms with Gasteiger partial charge in [-0.1, -0.05) is 6.07 Å². The van der Waals surface area contributed by atoms with Crippen molar-refractivity contribution < 1.29 is 9.47 Å². The molecule has 1 heterocycles. The molecule has 0 N–H and O–H groups in total. The summed E-state index contributed by atoms with van der Waals surface area (Å²) in [5, 5.41) is 2.07. The summed E-state index contributed by atoms with van der Waals surface area (Å²) >= 11 is 1.73. The lowest BCUT2D eigenvalue weighted by Crippen LogP contribution is -2.11. The molecular weight excluding hydrogens is 184 g/mol. The van der Waals surface area contributed by atoms with Crippen LogP contribution in [0, 0.1) is 0 Å². The van der Waals surface area contributed by atoms with Crippen molar-refractivity contribution in [1.29, 1.82) is 0 Å². The van der Waals surface area contributed by atoms with E-state index in [2.05, 4.69) is 18.4 Å². The van der Waals surface area contributed by atoms with Crippen LogP contribution in [0.25, 0.3) is 0 Å². The minimum atomic E-state index is 0.176. The standard InChI is InChI=1S/C10H16O2S/c1-8(11-2)7-9(12-3)10-5-4-6-13-10/h4-6,8-9H,7H2,1-3H3. The zero-order valence-corrected chi connectivity index (χ0v) is 9.14. The third-order valence-electron chi connectivity index (χ3n) is 2.09. The van der Waals surface area contributed by atoms with Gasteiger partial charge in [-0.15, -0.1) is 11.3 Å². The van der Waals surface area contributed by atoms with Gasteiger partial charge < -0.3 is 9.47 Å². The normalized spacial score (nSPS) is 15.6. The fourth-order valence-electron chi connectivity index (χ4n) is 1.20. The van der Waals surface area contributed by atoms with Gasteiger partial charge in [-0.05, 0) is 18.4 Å². The summed E-state index contributed by atoms with van der Waals surface area (Å²) in [5.41, 5.74) is 0. The SMILES string of the molecule is COC(C)CC(OC)c1cccs1. The van der Waals surface area contributed by atoms with Crippen molar-refractivity contribution in [3.63, 3.8) is 0 Å². The van der Waals surface area contributed by atoms with Crippen LogP contribution in [-0.4, -0.2) is 20.3 Å². The highest BCUT2D eigenvalue weighted by Crippen LogP contribution is 2.26. The fraction of sp³-hybridized carbons (Fsp3) is 0.600. The van der Waals surface area contributed by atoms with E-state index in [0.717, 1.165) is 6.42 Å². The van der Waals surface area contributed by atoms with E-state index in [1.807, 2.05) is 6.07 Å². The summed E-state index contributed by atoms with van der Waals surface area (Å²) in [6, 6.07) is 4.14. The largest absolute Gasteiger partial charge is 0.382 e. The highest BCUT2D eigenvalue weighted by molar-refractivity contribution is 7.10. The minimum absolute atomic E-state index is 0.176. The first-order chi connectivity index (χ1) is 6.27. The van der Waals surface area contributed by atoms with E-state index in [-0.39, 0.29) is 12.2 Å². The Morgan fingerprint density at radius 1 is 1.38 bits per heavy atom. The van der Waals surface area contributed by atoms with Crippen molar-refractivity contribution >= 4 is 11.3 Å². The van der Waals surface area contributed by atoms with Gasteiger partial charge in [0, 0.05) is 25.5 Å². The van der Waals surface area contributed by atoms with Gasteiger partial charge in [-0.3, -0.25) is 0 Å². The molecular formula is C10H16O2S. The number of ether oxygens (including phenoxy) is 2. The maximum atomic E-state index is 5.40. The first kappa shape index (κ1) is 10.7. The molecule has 0 aliphatic carbocycles. The van der Waals surface area contributed by atoms with Crippen molar-refractivity contribution in [3.8, 4) is 0 Å². The van der Waals surface area contributed by atoms with Crippen LogP contribution in [0.2, 0.25) is 0 Å². The molecule has 0 spiro atoms. The van der Waals surface area contributed by atoms with Crippen LogP contribution in [0.4, 0.5) is 0 Å². The molecule has 2 unspecified atom stereocenters. The third-order valence-corrected chi connectivity index (χ3v) is 3.06. The molecule has 1 aromatic rings. The van der Waals surface area contributed by atoms with Crippen LogP contribution < -0.4 is 0 Å². The van der Waals surface area contributed by atoms with Crippen molar-refractivity contribution in [2.24, 2.45) is 0 Å². The minimum Gasteiger partial charge on any atom is -0.382 e. The predicted molar refractivity (Wildman–Crippen MR) is 55.2 cm³/mol. The molecule has 0 bridgehead atoms. The Labute approximate surface area is 83.5 Å². The van der Waals surface area contributed by atoms with Gasteiger partial charge in [-0.25, -0.2) is 0 Å².